The highest BCUT2D eigenvalue weighted by atomic mass is 79.9. The first-order chi connectivity index (χ1) is 17.4. The molecule has 7 nitrogen and oxygen atoms in total. The van der Waals surface area contributed by atoms with E-state index in [0.29, 0.717) is 12.1 Å². The van der Waals surface area contributed by atoms with Crippen LogP contribution in [0.25, 0.3) is 0 Å². The Morgan fingerprint density at radius 3 is 1.63 bits per heavy atom. The molecule has 2 heterocycles. The Morgan fingerprint density at radius 1 is 0.737 bits per heavy atom. The first-order valence-electron chi connectivity index (χ1n) is 10.8. The Hall–Kier alpha value is -1.24. The summed E-state index contributed by atoms with van der Waals surface area (Å²) in [4.78, 5) is -1.20. The van der Waals surface area contributed by atoms with Gasteiger partial charge in [0.25, 0.3) is 0 Å². The van der Waals surface area contributed by atoms with Gasteiger partial charge in [-0.05, 0) is 36.4 Å². The minimum atomic E-state index is -4.82. The molecule has 17 heteroatoms. The maximum atomic E-state index is 13.4. The molecule has 210 valence electrons. The first-order valence-corrected chi connectivity index (χ1v) is 15.3. The fourth-order valence-electron chi connectivity index (χ4n) is 4.44. The average molecular weight is 716 g/mol. The number of sulfonamides is 2. The summed E-state index contributed by atoms with van der Waals surface area (Å²) in [6.07, 6.45) is -9.99. The lowest BCUT2D eigenvalue weighted by Gasteiger charge is -2.42. The maximum absolute atomic E-state index is 13.4. The number of alkyl halides is 6. The number of ether oxygens (including phenoxy) is 1. The zero-order valence-corrected chi connectivity index (χ0v) is 23.8. The molecule has 0 radical (unpaired) electrons. The minimum absolute atomic E-state index is 0.0731. The number of halogens is 8. The molecule has 38 heavy (non-hydrogen) atoms. The van der Waals surface area contributed by atoms with E-state index < -0.39 is 59.0 Å². The number of benzene rings is 2. The van der Waals surface area contributed by atoms with Crippen molar-refractivity contribution in [3.8, 4) is 0 Å². The van der Waals surface area contributed by atoms with E-state index in [0.717, 1.165) is 32.9 Å². The van der Waals surface area contributed by atoms with Crippen LogP contribution in [-0.2, 0) is 37.1 Å². The molecule has 1 spiro atoms. The van der Waals surface area contributed by atoms with E-state index in [1.54, 1.807) is 0 Å². The molecule has 0 N–H and O–H groups in total. The lowest BCUT2D eigenvalue weighted by atomic mass is 10.0. The first kappa shape index (κ1) is 29.7. The van der Waals surface area contributed by atoms with Crippen molar-refractivity contribution in [3.05, 3.63) is 56.5 Å². The fourth-order valence-corrected chi connectivity index (χ4v) is 8.60. The van der Waals surface area contributed by atoms with Gasteiger partial charge in [0.2, 0.25) is 20.0 Å². The van der Waals surface area contributed by atoms with Crippen LogP contribution < -0.4 is 0 Å². The molecule has 2 aromatic rings. The smallest absolute Gasteiger partial charge is 0.358 e. The molecule has 0 bridgehead atoms. The molecule has 0 saturated carbocycles. The lowest BCUT2D eigenvalue weighted by Crippen LogP contribution is -2.55. The number of nitrogens with zero attached hydrogens (tertiary/aromatic N) is 2. The van der Waals surface area contributed by atoms with Crippen molar-refractivity contribution in [2.24, 2.45) is 0 Å². The Bertz CT molecular complexity index is 1460. The normalized spacial score (nSPS) is 19.8. The highest BCUT2D eigenvalue weighted by Crippen LogP contribution is 2.42. The zero-order valence-electron chi connectivity index (χ0n) is 19.0. The van der Waals surface area contributed by atoms with Crippen molar-refractivity contribution in [2.45, 2.75) is 40.7 Å². The van der Waals surface area contributed by atoms with Crippen molar-refractivity contribution in [1.82, 2.24) is 8.61 Å². The molecular formula is C21H18Br2F6N2O5S2. The molecule has 2 fully saturated rings. The number of hydrogen-bond donors (Lipinski definition) is 0. The summed E-state index contributed by atoms with van der Waals surface area (Å²) in [5.74, 6) is 0. The van der Waals surface area contributed by atoms with Gasteiger partial charge in [0.05, 0.1) is 27.5 Å². The van der Waals surface area contributed by atoms with E-state index in [2.05, 4.69) is 31.9 Å². The molecule has 0 aromatic heterocycles. The van der Waals surface area contributed by atoms with Crippen LogP contribution in [0.4, 0.5) is 26.3 Å². The molecule has 0 aliphatic carbocycles. The summed E-state index contributed by atoms with van der Waals surface area (Å²) in [5, 5.41) is 0. The SMILES string of the molecule is O=S(=O)(c1ccc(Br)c(C(F)(F)F)c1)N1CCC2(CC1)OCCN2S(=O)(=O)c1ccc(Br)c(C(F)(F)F)c1. The second kappa shape index (κ2) is 9.99. The van der Waals surface area contributed by atoms with E-state index in [1.807, 2.05) is 0 Å². The summed E-state index contributed by atoms with van der Waals surface area (Å²) in [5.41, 5.74) is -3.87. The second-order valence-corrected chi connectivity index (χ2v) is 14.1. The molecule has 2 aliphatic rings. The standard InChI is InChI=1S/C21H18Br2F6N2O5S2/c22-17-3-1-13(11-15(17)20(24,25)26)37(32,33)30-7-5-19(6-8-30)31(9-10-36-19)38(34,35)14-2-4-18(23)16(12-14)21(27,28)29/h1-4,11-12H,5-10H2. The van der Waals surface area contributed by atoms with Crippen molar-refractivity contribution < 1.29 is 47.9 Å². The largest absolute Gasteiger partial charge is 0.417 e. The summed E-state index contributed by atoms with van der Waals surface area (Å²) < 4.78 is 140. The predicted molar refractivity (Wildman–Crippen MR) is 129 cm³/mol. The molecule has 0 amide bonds. The molecule has 2 aromatic carbocycles. The van der Waals surface area contributed by atoms with Crippen molar-refractivity contribution in [2.75, 3.05) is 26.2 Å². The van der Waals surface area contributed by atoms with E-state index in [9.17, 15) is 43.2 Å². The van der Waals surface area contributed by atoms with Crippen molar-refractivity contribution >= 4 is 51.9 Å². The monoisotopic (exact) mass is 714 g/mol. The second-order valence-electron chi connectivity index (χ2n) is 8.55. The Kier molecular flexibility index (Phi) is 7.82. The van der Waals surface area contributed by atoms with Crippen molar-refractivity contribution in [1.29, 1.82) is 0 Å². The van der Waals surface area contributed by atoms with Crippen LogP contribution in [0.3, 0.4) is 0 Å². The average Bonchev–Trinajstić information content (AvgIpc) is 3.21. The van der Waals surface area contributed by atoms with Crippen LogP contribution in [0.15, 0.2) is 55.1 Å². The molecule has 4 rings (SSSR count). The van der Waals surface area contributed by atoms with Gasteiger partial charge in [0.15, 0.2) is 0 Å². The molecule has 2 saturated heterocycles. The quantitative estimate of drug-likeness (QED) is 0.394. The Labute approximate surface area is 231 Å². The minimum Gasteiger partial charge on any atom is -0.358 e. The third-order valence-electron chi connectivity index (χ3n) is 6.34. The number of rotatable bonds is 4. The third kappa shape index (κ3) is 5.39. The van der Waals surface area contributed by atoms with Gasteiger partial charge in [-0.25, -0.2) is 16.8 Å². The highest BCUT2D eigenvalue weighted by molar-refractivity contribution is 9.10. The zero-order chi connectivity index (χ0) is 28.3. The maximum Gasteiger partial charge on any atom is 0.417 e. The Balaban J connectivity index is 1.60. The van der Waals surface area contributed by atoms with Gasteiger partial charge in [-0.1, -0.05) is 31.9 Å². The predicted octanol–water partition coefficient (Wildman–Crippen LogP) is 5.45. The lowest BCUT2D eigenvalue weighted by molar-refractivity contribution is -0.139. The number of hydrogen-bond acceptors (Lipinski definition) is 5. The fraction of sp³-hybridized carbons (Fsp3) is 0.429. The van der Waals surface area contributed by atoms with Crippen LogP contribution in [0.1, 0.15) is 24.0 Å². The summed E-state index contributed by atoms with van der Waals surface area (Å²) in [6, 6.07) is 5.01. The van der Waals surface area contributed by atoms with Crippen molar-refractivity contribution in [3.63, 3.8) is 0 Å². The van der Waals surface area contributed by atoms with Crippen LogP contribution in [0.5, 0.6) is 0 Å². The molecule has 0 atom stereocenters. The highest BCUT2D eigenvalue weighted by Gasteiger charge is 2.52. The van der Waals surface area contributed by atoms with Gasteiger partial charge in [0.1, 0.15) is 5.72 Å². The summed E-state index contributed by atoms with van der Waals surface area (Å²) in [7, 11) is -8.87. The van der Waals surface area contributed by atoms with Gasteiger partial charge in [-0.15, -0.1) is 0 Å². The third-order valence-corrected chi connectivity index (χ3v) is 11.6. The topological polar surface area (TPSA) is 84.0 Å². The van der Waals surface area contributed by atoms with Gasteiger partial charge in [0, 0.05) is 41.4 Å². The van der Waals surface area contributed by atoms with Gasteiger partial charge < -0.3 is 4.74 Å². The summed E-state index contributed by atoms with van der Waals surface area (Å²) >= 11 is 5.53. The van der Waals surface area contributed by atoms with E-state index >= 15 is 0 Å². The van der Waals surface area contributed by atoms with E-state index in [-0.39, 0.29) is 48.0 Å². The molecule has 0 unspecified atom stereocenters. The van der Waals surface area contributed by atoms with Crippen LogP contribution in [-0.4, -0.2) is 57.4 Å². The van der Waals surface area contributed by atoms with Gasteiger partial charge in [-0.3, -0.25) is 0 Å². The number of piperidine rings is 1. The van der Waals surface area contributed by atoms with Crippen LogP contribution in [0.2, 0.25) is 0 Å². The molecular weight excluding hydrogens is 698 g/mol. The van der Waals surface area contributed by atoms with Gasteiger partial charge >= 0.3 is 12.4 Å². The molecule has 2 aliphatic heterocycles. The van der Waals surface area contributed by atoms with Gasteiger partial charge in [-0.2, -0.15) is 35.0 Å². The van der Waals surface area contributed by atoms with E-state index in [4.69, 9.17) is 4.74 Å². The summed E-state index contributed by atoms with van der Waals surface area (Å²) in [6.45, 7) is -0.829. The van der Waals surface area contributed by atoms with Crippen LogP contribution >= 0.6 is 31.9 Å². The van der Waals surface area contributed by atoms with E-state index in [1.165, 1.54) is 0 Å². The Morgan fingerprint density at radius 2 is 1.18 bits per heavy atom. The van der Waals surface area contributed by atoms with Crippen LogP contribution in [0, 0.1) is 0 Å².